The first-order chi connectivity index (χ1) is 5.72. The monoisotopic (exact) mass is 169 g/mol. The molecule has 3 nitrogen and oxygen atoms in total. The number of nitrogen functional groups attached to an aromatic ring is 1. The largest absolute Gasteiger partial charge is 0.384 e. The number of alkyl halides is 1. The number of pyridine rings is 1. The fourth-order valence-corrected chi connectivity index (χ4v) is 0.960. The molecule has 0 bridgehead atoms. The molecule has 1 heterocycles. The fourth-order valence-electron chi connectivity index (χ4n) is 0.960. The van der Waals surface area contributed by atoms with E-state index in [-0.39, 0.29) is 6.54 Å². The Labute approximate surface area is 70.6 Å². The second kappa shape index (κ2) is 4.01. The van der Waals surface area contributed by atoms with Crippen LogP contribution in [0.3, 0.4) is 0 Å². The minimum atomic E-state index is -0.994. The Morgan fingerprint density at radius 3 is 2.92 bits per heavy atom. The van der Waals surface area contributed by atoms with Crippen molar-refractivity contribution >= 4 is 5.82 Å². The van der Waals surface area contributed by atoms with Crippen LogP contribution >= 0.6 is 0 Å². The van der Waals surface area contributed by atoms with Gasteiger partial charge in [-0.1, -0.05) is 0 Å². The summed E-state index contributed by atoms with van der Waals surface area (Å²) in [4.78, 5) is 3.80. The zero-order chi connectivity index (χ0) is 8.97. The third-order valence-electron chi connectivity index (χ3n) is 1.56. The summed E-state index contributed by atoms with van der Waals surface area (Å²) in [5.74, 6) is 0.414. The summed E-state index contributed by atoms with van der Waals surface area (Å²) in [7, 11) is 0. The van der Waals surface area contributed by atoms with Crippen LogP contribution in [0.15, 0.2) is 18.3 Å². The maximum atomic E-state index is 12.8. The number of nitrogens with zero attached hydrogens (tertiary/aromatic N) is 1. The molecule has 1 aromatic heterocycles. The van der Waals surface area contributed by atoms with Gasteiger partial charge in [0.25, 0.3) is 0 Å². The Balaban J connectivity index is 2.63. The van der Waals surface area contributed by atoms with Gasteiger partial charge in [0.15, 0.2) is 0 Å². The molecule has 1 rings (SSSR count). The number of aromatic nitrogens is 1. The van der Waals surface area contributed by atoms with E-state index < -0.39 is 6.17 Å². The van der Waals surface area contributed by atoms with Crippen LogP contribution in [0.5, 0.6) is 0 Å². The van der Waals surface area contributed by atoms with E-state index >= 15 is 0 Å². The maximum Gasteiger partial charge on any atom is 0.123 e. The molecule has 0 radical (unpaired) electrons. The lowest BCUT2D eigenvalue weighted by Crippen LogP contribution is -2.17. The lowest BCUT2D eigenvalue weighted by Gasteiger charge is -2.04. The molecule has 12 heavy (non-hydrogen) atoms. The summed E-state index contributed by atoms with van der Waals surface area (Å²) in [5, 5.41) is 0. The molecule has 0 amide bonds. The van der Waals surface area contributed by atoms with Crippen molar-refractivity contribution in [2.45, 2.75) is 12.6 Å². The van der Waals surface area contributed by atoms with Gasteiger partial charge >= 0.3 is 0 Å². The van der Waals surface area contributed by atoms with Gasteiger partial charge < -0.3 is 11.5 Å². The molecule has 1 aromatic rings. The Hall–Kier alpha value is -1.16. The zero-order valence-corrected chi connectivity index (χ0v) is 6.70. The number of halogens is 1. The summed E-state index contributed by atoms with van der Waals surface area (Å²) in [6, 6.07) is 3.39. The highest BCUT2D eigenvalue weighted by Crippen LogP contribution is 2.07. The van der Waals surface area contributed by atoms with Gasteiger partial charge in [0.2, 0.25) is 0 Å². The third-order valence-corrected chi connectivity index (χ3v) is 1.56. The van der Waals surface area contributed by atoms with E-state index in [1.165, 1.54) is 0 Å². The predicted octanol–water partition coefficient (Wildman–Crippen LogP) is 0.503. The first-order valence-corrected chi connectivity index (χ1v) is 3.77. The van der Waals surface area contributed by atoms with Gasteiger partial charge in [-0.2, -0.15) is 0 Å². The molecular formula is C8H12FN3. The fraction of sp³-hybridized carbons (Fsp3) is 0.375. The molecule has 1 unspecified atom stereocenters. The Morgan fingerprint density at radius 1 is 1.58 bits per heavy atom. The minimum Gasteiger partial charge on any atom is -0.384 e. The Bertz CT molecular complexity index is 252. The van der Waals surface area contributed by atoms with Crippen molar-refractivity contribution in [3.05, 3.63) is 23.9 Å². The molecule has 66 valence electrons. The molecule has 0 aliphatic heterocycles. The second-order valence-corrected chi connectivity index (χ2v) is 2.63. The van der Waals surface area contributed by atoms with Crippen molar-refractivity contribution in [1.29, 1.82) is 0 Å². The van der Waals surface area contributed by atoms with Crippen molar-refractivity contribution in [3.8, 4) is 0 Å². The van der Waals surface area contributed by atoms with Crippen LogP contribution in [-0.2, 0) is 6.42 Å². The molecule has 0 aliphatic rings. The van der Waals surface area contributed by atoms with Crippen LogP contribution in [0, 0.1) is 0 Å². The SMILES string of the molecule is NCC(F)Cc1ccnc(N)c1. The quantitative estimate of drug-likeness (QED) is 0.692. The van der Waals surface area contributed by atoms with Gasteiger partial charge in [0.05, 0.1) is 0 Å². The van der Waals surface area contributed by atoms with Crippen LogP contribution in [-0.4, -0.2) is 17.7 Å². The Morgan fingerprint density at radius 2 is 2.33 bits per heavy atom. The average Bonchev–Trinajstić information content (AvgIpc) is 2.04. The van der Waals surface area contributed by atoms with E-state index in [1.54, 1.807) is 18.3 Å². The molecule has 0 fully saturated rings. The smallest absolute Gasteiger partial charge is 0.123 e. The van der Waals surface area contributed by atoms with Gasteiger partial charge in [-0.05, 0) is 17.7 Å². The van der Waals surface area contributed by atoms with Crippen LogP contribution in [0.25, 0.3) is 0 Å². The van der Waals surface area contributed by atoms with Crippen LogP contribution in [0.2, 0.25) is 0 Å². The molecule has 0 aliphatic carbocycles. The molecule has 0 saturated carbocycles. The molecule has 4 heteroatoms. The van der Waals surface area contributed by atoms with Crippen molar-refractivity contribution < 1.29 is 4.39 Å². The van der Waals surface area contributed by atoms with Crippen molar-refractivity contribution in [2.24, 2.45) is 5.73 Å². The van der Waals surface area contributed by atoms with Gasteiger partial charge in [0.1, 0.15) is 12.0 Å². The summed E-state index contributed by atoms with van der Waals surface area (Å²) in [6.07, 6.45) is 0.878. The summed E-state index contributed by atoms with van der Waals surface area (Å²) < 4.78 is 12.8. The second-order valence-electron chi connectivity index (χ2n) is 2.63. The normalized spacial score (nSPS) is 12.8. The topological polar surface area (TPSA) is 64.9 Å². The van der Waals surface area contributed by atoms with E-state index in [0.29, 0.717) is 12.2 Å². The zero-order valence-electron chi connectivity index (χ0n) is 6.70. The van der Waals surface area contributed by atoms with E-state index in [4.69, 9.17) is 11.5 Å². The van der Waals surface area contributed by atoms with Gasteiger partial charge in [0, 0.05) is 19.2 Å². The van der Waals surface area contributed by atoms with Gasteiger partial charge in [-0.15, -0.1) is 0 Å². The van der Waals surface area contributed by atoms with Crippen molar-refractivity contribution in [1.82, 2.24) is 4.98 Å². The Kier molecular flexibility index (Phi) is 2.99. The molecule has 0 aromatic carbocycles. The van der Waals surface area contributed by atoms with E-state index in [0.717, 1.165) is 5.56 Å². The standard InChI is InChI=1S/C8H12FN3/c9-7(5-10)3-6-1-2-12-8(11)4-6/h1-2,4,7H,3,5,10H2,(H2,11,12). The highest BCUT2D eigenvalue weighted by atomic mass is 19.1. The molecular weight excluding hydrogens is 157 g/mol. The number of rotatable bonds is 3. The number of nitrogens with two attached hydrogens (primary N) is 2. The summed E-state index contributed by atoms with van der Waals surface area (Å²) in [6.45, 7) is 0.0439. The van der Waals surface area contributed by atoms with Crippen LogP contribution in [0.1, 0.15) is 5.56 Å². The maximum absolute atomic E-state index is 12.8. The number of hydrogen-bond acceptors (Lipinski definition) is 3. The molecule has 0 saturated heterocycles. The van der Waals surface area contributed by atoms with Crippen LogP contribution in [0.4, 0.5) is 10.2 Å². The third kappa shape index (κ3) is 2.47. The average molecular weight is 169 g/mol. The molecule has 4 N–H and O–H groups in total. The summed E-state index contributed by atoms with van der Waals surface area (Å²) in [5.41, 5.74) is 11.4. The number of hydrogen-bond donors (Lipinski definition) is 2. The summed E-state index contributed by atoms with van der Waals surface area (Å²) >= 11 is 0. The lowest BCUT2D eigenvalue weighted by molar-refractivity contribution is 0.340. The highest BCUT2D eigenvalue weighted by Gasteiger charge is 2.04. The highest BCUT2D eigenvalue weighted by molar-refractivity contribution is 5.32. The van der Waals surface area contributed by atoms with Crippen molar-refractivity contribution in [2.75, 3.05) is 12.3 Å². The molecule has 1 atom stereocenters. The van der Waals surface area contributed by atoms with Crippen molar-refractivity contribution in [3.63, 3.8) is 0 Å². The first kappa shape index (κ1) is 8.93. The van der Waals surface area contributed by atoms with Gasteiger partial charge in [-0.25, -0.2) is 9.37 Å². The van der Waals surface area contributed by atoms with E-state index in [2.05, 4.69) is 4.98 Å². The van der Waals surface area contributed by atoms with E-state index in [9.17, 15) is 4.39 Å². The van der Waals surface area contributed by atoms with Crippen LogP contribution < -0.4 is 11.5 Å². The lowest BCUT2D eigenvalue weighted by atomic mass is 10.1. The molecule has 0 spiro atoms. The predicted molar refractivity (Wildman–Crippen MR) is 46.3 cm³/mol. The van der Waals surface area contributed by atoms with Gasteiger partial charge in [-0.3, -0.25) is 0 Å². The first-order valence-electron chi connectivity index (χ1n) is 3.77. The number of anilines is 1. The van der Waals surface area contributed by atoms with E-state index in [1.807, 2.05) is 0 Å². The minimum absolute atomic E-state index is 0.0439.